The Hall–Kier alpha value is -1.51. The van der Waals surface area contributed by atoms with Gasteiger partial charge in [0.25, 0.3) is 0 Å². The Morgan fingerprint density at radius 2 is 2.21 bits per heavy atom. The molecular formula is C11H14N4O3S. The van der Waals surface area contributed by atoms with Gasteiger partial charge in [0.05, 0.1) is 12.4 Å². The van der Waals surface area contributed by atoms with E-state index in [0.29, 0.717) is 29.0 Å². The number of H-pyrrole nitrogens is 1. The van der Waals surface area contributed by atoms with E-state index in [-0.39, 0.29) is 5.12 Å². The van der Waals surface area contributed by atoms with Gasteiger partial charge in [-0.25, -0.2) is 15.0 Å². The van der Waals surface area contributed by atoms with Crippen LogP contribution >= 0.6 is 11.8 Å². The van der Waals surface area contributed by atoms with Crippen molar-refractivity contribution in [3.63, 3.8) is 0 Å². The second kappa shape index (κ2) is 6.09. The van der Waals surface area contributed by atoms with Gasteiger partial charge in [-0.3, -0.25) is 4.79 Å². The third kappa shape index (κ3) is 3.28. The molecule has 0 saturated heterocycles. The average molecular weight is 282 g/mol. The van der Waals surface area contributed by atoms with Gasteiger partial charge < -0.3 is 15.2 Å². The summed E-state index contributed by atoms with van der Waals surface area (Å²) in [7, 11) is 0. The molecule has 2 rings (SSSR count). The second-order valence-corrected chi connectivity index (χ2v) is 5.27. The van der Waals surface area contributed by atoms with E-state index in [1.54, 1.807) is 0 Å². The lowest BCUT2D eigenvalue weighted by Crippen LogP contribution is -2.20. The summed E-state index contributed by atoms with van der Waals surface area (Å²) in [6, 6.07) is 0. The molecule has 2 heterocycles. The molecule has 0 aliphatic rings. The van der Waals surface area contributed by atoms with E-state index < -0.39 is 12.2 Å². The Morgan fingerprint density at radius 3 is 2.95 bits per heavy atom. The molecule has 0 bridgehead atoms. The minimum Gasteiger partial charge on any atom is -0.390 e. The Balaban J connectivity index is 2.08. The fraction of sp³-hybridized carbons (Fsp3) is 0.455. The van der Waals surface area contributed by atoms with E-state index in [9.17, 15) is 15.0 Å². The number of fused-ring (bicyclic) bond motifs is 1. The summed E-state index contributed by atoms with van der Waals surface area (Å²) in [5.41, 5.74) is 1.26. The van der Waals surface area contributed by atoms with Crippen molar-refractivity contribution in [1.29, 1.82) is 0 Å². The molecule has 102 valence electrons. The molecule has 0 aromatic carbocycles. The number of aromatic amines is 1. The van der Waals surface area contributed by atoms with Crippen LogP contribution in [-0.4, -0.2) is 47.1 Å². The number of nitrogens with zero attached hydrogens (tertiary/aromatic N) is 3. The molecule has 19 heavy (non-hydrogen) atoms. The Labute approximate surface area is 113 Å². The highest BCUT2D eigenvalue weighted by molar-refractivity contribution is 8.13. The number of hydrogen-bond donors (Lipinski definition) is 3. The van der Waals surface area contributed by atoms with Crippen LogP contribution in [0.15, 0.2) is 12.7 Å². The Kier molecular flexibility index (Phi) is 4.46. The molecule has 2 aromatic rings. The van der Waals surface area contributed by atoms with Crippen molar-refractivity contribution in [3.8, 4) is 0 Å². The molecule has 2 atom stereocenters. The summed E-state index contributed by atoms with van der Waals surface area (Å²) in [5, 5.41) is 20.0. The number of thioether (sulfide) groups is 1. The zero-order valence-electron chi connectivity index (χ0n) is 10.3. The van der Waals surface area contributed by atoms with Crippen molar-refractivity contribution in [2.75, 3.05) is 5.75 Å². The molecule has 2 unspecified atom stereocenters. The van der Waals surface area contributed by atoms with Crippen LogP contribution in [0.25, 0.3) is 11.2 Å². The number of nitrogens with one attached hydrogen (secondary N) is 1. The fourth-order valence-electron chi connectivity index (χ4n) is 1.67. The van der Waals surface area contributed by atoms with E-state index in [1.165, 1.54) is 19.6 Å². The van der Waals surface area contributed by atoms with Gasteiger partial charge in [0.1, 0.15) is 23.6 Å². The van der Waals surface area contributed by atoms with Gasteiger partial charge in [-0.05, 0) is 6.42 Å². The van der Waals surface area contributed by atoms with Gasteiger partial charge in [0.2, 0.25) is 0 Å². The van der Waals surface area contributed by atoms with Crippen LogP contribution in [0.3, 0.4) is 0 Å². The van der Waals surface area contributed by atoms with Crippen LogP contribution in [0.1, 0.15) is 25.1 Å². The van der Waals surface area contributed by atoms with E-state index in [0.717, 1.165) is 11.8 Å². The van der Waals surface area contributed by atoms with Crippen molar-refractivity contribution in [2.45, 2.75) is 25.6 Å². The first kappa shape index (κ1) is 13.9. The zero-order valence-corrected chi connectivity index (χ0v) is 11.1. The van der Waals surface area contributed by atoms with Gasteiger partial charge in [0, 0.05) is 12.7 Å². The van der Waals surface area contributed by atoms with Gasteiger partial charge in [-0.2, -0.15) is 0 Å². The van der Waals surface area contributed by atoms with E-state index in [1.807, 2.05) is 0 Å². The van der Waals surface area contributed by atoms with E-state index in [4.69, 9.17) is 0 Å². The normalized spacial score (nSPS) is 14.5. The third-order valence-corrected chi connectivity index (χ3v) is 3.46. The maximum absolute atomic E-state index is 10.8. The van der Waals surface area contributed by atoms with Crippen LogP contribution in [0.4, 0.5) is 0 Å². The standard InChI is InChI=1S/C11H14N4O3S/c1-6(16)19-3-2-7(17)10(18)8-9-11(14-4-12-8)15-5-13-9/h4-5,7,10,17-18H,2-3H2,1H3,(H,12,13,14,15). The number of hydrogen-bond acceptors (Lipinski definition) is 7. The van der Waals surface area contributed by atoms with Gasteiger partial charge in [-0.1, -0.05) is 11.8 Å². The SMILES string of the molecule is CC(=O)SCCC(O)C(O)c1ncnc2nc[nH]c12. The Morgan fingerprint density at radius 1 is 1.42 bits per heavy atom. The minimum absolute atomic E-state index is 0.0142. The molecule has 0 aliphatic heterocycles. The number of aliphatic hydroxyl groups is 2. The number of aliphatic hydroxyl groups excluding tert-OH is 2. The topological polar surface area (TPSA) is 112 Å². The predicted molar refractivity (Wildman–Crippen MR) is 70.4 cm³/mol. The van der Waals surface area contributed by atoms with Gasteiger partial charge in [0.15, 0.2) is 10.8 Å². The minimum atomic E-state index is -1.14. The van der Waals surface area contributed by atoms with Crippen molar-refractivity contribution < 1.29 is 15.0 Å². The lowest BCUT2D eigenvalue weighted by molar-refractivity contribution is -0.109. The highest BCUT2D eigenvalue weighted by Crippen LogP contribution is 2.23. The fourth-order valence-corrected chi connectivity index (χ4v) is 2.32. The first-order valence-electron chi connectivity index (χ1n) is 5.73. The van der Waals surface area contributed by atoms with Crippen LogP contribution in [-0.2, 0) is 4.79 Å². The van der Waals surface area contributed by atoms with Crippen molar-refractivity contribution >= 4 is 28.0 Å². The number of rotatable bonds is 5. The number of carbonyl (C=O) groups is 1. The molecule has 7 nitrogen and oxygen atoms in total. The Bertz CT molecular complexity index is 574. The second-order valence-electron chi connectivity index (χ2n) is 4.00. The van der Waals surface area contributed by atoms with Crippen LogP contribution < -0.4 is 0 Å². The summed E-state index contributed by atoms with van der Waals surface area (Å²) >= 11 is 1.11. The quantitative estimate of drug-likeness (QED) is 0.728. The van der Waals surface area contributed by atoms with Crippen LogP contribution in [0, 0.1) is 0 Å². The number of aromatic nitrogens is 4. The molecule has 0 fully saturated rings. The maximum Gasteiger partial charge on any atom is 0.185 e. The maximum atomic E-state index is 10.8. The predicted octanol–water partition coefficient (Wildman–Crippen LogP) is 0.417. The number of imidazole rings is 1. The lowest BCUT2D eigenvalue weighted by Gasteiger charge is -2.16. The summed E-state index contributed by atoms with van der Waals surface area (Å²) in [6.07, 6.45) is 0.906. The summed E-state index contributed by atoms with van der Waals surface area (Å²) in [5.74, 6) is 0.449. The van der Waals surface area contributed by atoms with Crippen molar-refractivity contribution in [2.24, 2.45) is 0 Å². The smallest absolute Gasteiger partial charge is 0.185 e. The highest BCUT2D eigenvalue weighted by Gasteiger charge is 2.22. The monoisotopic (exact) mass is 282 g/mol. The van der Waals surface area contributed by atoms with Gasteiger partial charge in [-0.15, -0.1) is 0 Å². The average Bonchev–Trinajstić information content (AvgIpc) is 2.85. The molecule has 0 saturated carbocycles. The van der Waals surface area contributed by atoms with Crippen molar-refractivity contribution in [3.05, 3.63) is 18.3 Å². The van der Waals surface area contributed by atoms with Crippen LogP contribution in [0.5, 0.6) is 0 Å². The molecule has 3 N–H and O–H groups in total. The van der Waals surface area contributed by atoms with Crippen molar-refractivity contribution in [1.82, 2.24) is 19.9 Å². The first-order chi connectivity index (χ1) is 9.09. The molecule has 0 radical (unpaired) electrons. The van der Waals surface area contributed by atoms with E-state index >= 15 is 0 Å². The molecule has 2 aromatic heterocycles. The van der Waals surface area contributed by atoms with E-state index in [2.05, 4.69) is 19.9 Å². The summed E-state index contributed by atoms with van der Waals surface area (Å²) in [6.45, 7) is 1.46. The van der Waals surface area contributed by atoms with Crippen LogP contribution in [0.2, 0.25) is 0 Å². The largest absolute Gasteiger partial charge is 0.390 e. The lowest BCUT2D eigenvalue weighted by atomic mass is 10.1. The summed E-state index contributed by atoms with van der Waals surface area (Å²) in [4.78, 5) is 25.5. The molecule has 0 amide bonds. The third-order valence-electron chi connectivity index (χ3n) is 2.62. The molecule has 0 aliphatic carbocycles. The molecule has 8 heteroatoms. The molecular weight excluding hydrogens is 268 g/mol. The van der Waals surface area contributed by atoms with Gasteiger partial charge >= 0.3 is 0 Å². The first-order valence-corrected chi connectivity index (χ1v) is 6.71. The molecule has 0 spiro atoms. The highest BCUT2D eigenvalue weighted by atomic mass is 32.2. The number of carbonyl (C=O) groups excluding carboxylic acids is 1. The zero-order chi connectivity index (χ0) is 13.8. The summed E-state index contributed by atoms with van der Waals surface area (Å²) < 4.78 is 0.